The van der Waals surface area contributed by atoms with Gasteiger partial charge in [0, 0.05) is 13.2 Å². The number of esters is 2. The van der Waals surface area contributed by atoms with Gasteiger partial charge in [0.25, 0.3) is 12.6 Å². The zero-order chi connectivity index (χ0) is 12.0. The molecule has 1 heterocycles. The first kappa shape index (κ1) is 12.9. The van der Waals surface area contributed by atoms with Gasteiger partial charge < -0.3 is 18.9 Å². The number of hydrogen-bond donors (Lipinski definition) is 0. The Morgan fingerprint density at radius 3 is 1.69 bits per heavy atom. The molecule has 0 spiro atoms. The molecular formula is C10H16O6. The van der Waals surface area contributed by atoms with Crippen LogP contribution in [0.3, 0.4) is 0 Å². The Kier molecular flexibility index (Phi) is 5.21. The molecule has 0 aliphatic carbocycles. The topological polar surface area (TPSA) is 71.1 Å². The predicted octanol–water partition coefficient (Wildman–Crippen LogP) is 0.592. The second-order valence-electron chi connectivity index (χ2n) is 3.13. The summed E-state index contributed by atoms with van der Waals surface area (Å²) in [6.07, 6.45) is -1.97. The Labute approximate surface area is 93.8 Å². The summed E-state index contributed by atoms with van der Waals surface area (Å²) in [6, 6.07) is 0. The smallest absolute Gasteiger partial charge is 0.308 e. The van der Waals surface area contributed by atoms with Crippen molar-refractivity contribution in [2.75, 3.05) is 13.2 Å². The van der Waals surface area contributed by atoms with Crippen molar-refractivity contribution >= 4 is 11.9 Å². The van der Waals surface area contributed by atoms with Crippen molar-refractivity contribution in [1.82, 2.24) is 0 Å². The van der Waals surface area contributed by atoms with Gasteiger partial charge in [-0.25, -0.2) is 0 Å². The lowest BCUT2D eigenvalue weighted by atomic mass is 10.3. The third kappa shape index (κ3) is 3.79. The molecule has 92 valence electrons. The van der Waals surface area contributed by atoms with Crippen LogP contribution in [-0.4, -0.2) is 37.7 Å². The van der Waals surface area contributed by atoms with Crippen LogP contribution in [0.5, 0.6) is 0 Å². The van der Waals surface area contributed by atoms with Crippen LogP contribution in [-0.2, 0) is 28.5 Å². The highest BCUT2D eigenvalue weighted by Gasteiger charge is 2.32. The van der Waals surface area contributed by atoms with Gasteiger partial charge in [-0.3, -0.25) is 9.59 Å². The molecule has 0 N–H and O–H groups in total. The third-order valence-electron chi connectivity index (χ3n) is 1.91. The molecule has 1 aliphatic rings. The van der Waals surface area contributed by atoms with E-state index in [4.69, 9.17) is 18.9 Å². The first-order chi connectivity index (χ1) is 7.67. The van der Waals surface area contributed by atoms with Gasteiger partial charge in [-0.2, -0.15) is 0 Å². The molecule has 0 amide bonds. The van der Waals surface area contributed by atoms with Crippen molar-refractivity contribution in [3.8, 4) is 0 Å². The number of rotatable bonds is 4. The summed E-state index contributed by atoms with van der Waals surface area (Å²) in [5.41, 5.74) is 0. The molecule has 0 bridgehead atoms. The van der Waals surface area contributed by atoms with Gasteiger partial charge in [0.1, 0.15) is 0 Å². The first-order valence-corrected chi connectivity index (χ1v) is 5.29. The first-order valence-electron chi connectivity index (χ1n) is 5.29. The molecular weight excluding hydrogens is 216 g/mol. The fourth-order valence-corrected chi connectivity index (χ4v) is 1.25. The average Bonchev–Trinajstić information content (AvgIpc) is 2.24. The average molecular weight is 232 g/mol. The zero-order valence-corrected chi connectivity index (χ0v) is 9.43. The van der Waals surface area contributed by atoms with Crippen LogP contribution in [0.4, 0.5) is 0 Å². The Hall–Kier alpha value is -1.14. The lowest BCUT2D eigenvalue weighted by molar-refractivity contribution is -0.273. The van der Waals surface area contributed by atoms with E-state index in [2.05, 4.69) is 0 Å². The lowest BCUT2D eigenvalue weighted by Gasteiger charge is -2.27. The lowest BCUT2D eigenvalue weighted by Crippen LogP contribution is -2.41. The van der Waals surface area contributed by atoms with Crippen molar-refractivity contribution in [1.29, 1.82) is 0 Å². The maximum absolute atomic E-state index is 11.3. The second-order valence-corrected chi connectivity index (χ2v) is 3.13. The van der Waals surface area contributed by atoms with Crippen LogP contribution >= 0.6 is 0 Å². The van der Waals surface area contributed by atoms with Crippen LogP contribution in [0.25, 0.3) is 0 Å². The highest BCUT2D eigenvalue weighted by atomic mass is 16.8. The minimum atomic E-state index is -0.985. The van der Waals surface area contributed by atoms with Crippen molar-refractivity contribution in [2.24, 2.45) is 0 Å². The SMILES string of the molecule is CCOC1OC(=O)CCC(=O)OC1OCC. The van der Waals surface area contributed by atoms with E-state index in [0.717, 1.165) is 0 Å². The van der Waals surface area contributed by atoms with Crippen LogP contribution in [0, 0.1) is 0 Å². The van der Waals surface area contributed by atoms with E-state index < -0.39 is 24.5 Å². The van der Waals surface area contributed by atoms with Gasteiger partial charge in [0.2, 0.25) is 0 Å². The molecule has 2 unspecified atom stereocenters. The Balaban J connectivity index is 2.69. The van der Waals surface area contributed by atoms with Gasteiger partial charge in [-0.15, -0.1) is 0 Å². The fraction of sp³-hybridized carbons (Fsp3) is 0.800. The molecule has 1 aliphatic heterocycles. The van der Waals surface area contributed by atoms with Gasteiger partial charge in [-0.05, 0) is 13.8 Å². The Morgan fingerprint density at radius 1 is 1.00 bits per heavy atom. The molecule has 2 atom stereocenters. The molecule has 0 radical (unpaired) electrons. The van der Waals surface area contributed by atoms with E-state index in [9.17, 15) is 9.59 Å². The molecule has 16 heavy (non-hydrogen) atoms. The van der Waals surface area contributed by atoms with Gasteiger partial charge in [0.15, 0.2) is 0 Å². The summed E-state index contributed by atoms with van der Waals surface area (Å²) in [7, 11) is 0. The monoisotopic (exact) mass is 232 g/mol. The van der Waals surface area contributed by atoms with Crippen LogP contribution in [0.1, 0.15) is 26.7 Å². The van der Waals surface area contributed by atoms with E-state index in [1.807, 2.05) is 0 Å². The van der Waals surface area contributed by atoms with E-state index >= 15 is 0 Å². The normalized spacial score (nSPS) is 26.6. The van der Waals surface area contributed by atoms with Crippen molar-refractivity contribution in [2.45, 2.75) is 39.3 Å². The van der Waals surface area contributed by atoms with Gasteiger partial charge >= 0.3 is 11.9 Å². The predicted molar refractivity (Wildman–Crippen MR) is 52.2 cm³/mol. The Morgan fingerprint density at radius 2 is 1.38 bits per heavy atom. The molecule has 1 fully saturated rings. The van der Waals surface area contributed by atoms with Crippen LogP contribution < -0.4 is 0 Å². The number of ether oxygens (including phenoxy) is 4. The van der Waals surface area contributed by atoms with Crippen LogP contribution in [0.2, 0.25) is 0 Å². The largest absolute Gasteiger partial charge is 0.429 e. The van der Waals surface area contributed by atoms with E-state index in [1.54, 1.807) is 13.8 Å². The Bertz CT molecular complexity index is 226. The quantitative estimate of drug-likeness (QED) is 0.661. The fourth-order valence-electron chi connectivity index (χ4n) is 1.25. The molecule has 0 aromatic rings. The number of hydrogen-bond acceptors (Lipinski definition) is 6. The van der Waals surface area contributed by atoms with Crippen molar-refractivity contribution < 1.29 is 28.5 Å². The number of carbonyl (C=O) groups is 2. The maximum atomic E-state index is 11.3. The molecule has 0 aromatic carbocycles. The van der Waals surface area contributed by atoms with E-state index in [-0.39, 0.29) is 12.8 Å². The summed E-state index contributed by atoms with van der Waals surface area (Å²) in [5.74, 6) is -0.973. The number of cyclic esters (lactones) is 2. The minimum absolute atomic E-state index is 0.00124. The van der Waals surface area contributed by atoms with Crippen molar-refractivity contribution in [3.05, 3.63) is 0 Å². The summed E-state index contributed by atoms with van der Waals surface area (Å²) in [5, 5.41) is 0. The van der Waals surface area contributed by atoms with Gasteiger partial charge in [-0.1, -0.05) is 0 Å². The summed E-state index contributed by atoms with van der Waals surface area (Å²) >= 11 is 0. The third-order valence-corrected chi connectivity index (χ3v) is 1.91. The van der Waals surface area contributed by atoms with E-state index in [1.165, 1.54) is 0 Å². The summed E-state index contributed by atoms with van der Waals surface area (Å²) < 4.78 is 20.3. The highest BCUT2D eigenvalue weighted by molar-refractivity contribution is 5.78. The van der Waals surface area contributed by atoms with Crippen LogP contribution in [0.15, 0.2) is 0 Å². The molecule has 1 rings (SSSR count). The summed E-state index contributed by atoms with van der Waals surface area (Å²) in [4.78, 5) is 22.5. The minimum Gasteiger partial charge on any atom is -0.429 e. The standard InChI is InChI=1S/C10H16O6/c1-3-13-9-10(14-4-2)16-8(12)6-5-7(11)15-9/h9-10H,3-6H2,1-2H3. The molecule has 0 aromatic heterocycles. The van der Waals surface area contributed by atoms with Gasteiger partial charge in [0.05, 0.1) is 12.8 Å². The van der Waals surface area contributed by atoms with E-state index in [0.29, 0.717) is 13.2 Å². The maximum Gasteiger partial charge on any atom is 0.308 e. The summed E-state index contributed by atoms with van der Waals surface area (Å²) in [6.45, 7) is 4.16. The highest BCUT2D eigenvalue weighted by Crippen LogP contribution is 2.14. The second kappa shape index (κ2) is 6.44. The molecule has 6 nitrogen and oxygen atoms in total. The molecule has 0 saturated carbocycles. The zero-order valence-electron chi connectivity index (χ0n) is 9.43. The number of carbonyl (C=O) groups excluding carboxylic acids is 2. The van der Waals surface area contributed by atoms with Crippen molar-refractivity contribution in [3.63, 3.8) is 0 Å². The molecule has 1 saturated heterocycles. The molecule has 6 heteroatoms.